The number of hydrogen-bond donors (Lipinski definition) is 1. The molecule has 2 aliphatic rings. The summed E-state index contributed by atoms with van der Waals surface area (Å²) in [5.74, 6) is 0.249. The van der Waals surface area contributed by atoms with Gasteiger partial charge in [0.2, 0.25) is 17.7 Å². The second-order valence-electron chi connectivity index (χ2n) is 7.32. The SMILES string of the molecule is CC(C)(C)N1C[C@H](CNC(=O)CN2CCCCC2=O)CC1=O. The molecule has 124 valence electrons. The number of hydrogen-bond acceptors (Lipinski definition) is 3. The fourth-order valence-electron chi connectivity index (χ4n) is 3.08. The molecular formula is C16H27N3O3. The Labute approximate surface area is 132 Å². The Morgan fingerprint density at radius 3 is 2.55 bits per heavy atom. The van der Waals surface area contributed by atoms with Gasteiger partial charge in [-0.1, -0.05) is 0 Å². The first-order valence-corrected chi connectivity index (χ1v) is 8.12. The molecule has 22 heavy (non-hydrogen) atoms. The predicted octanol–water partition coefficient (Wildman–Crippen LogP) is 0.762. The van der Waals surface area contributed by atoms with Gasteiger partial charge in [-0.05, 0) is 33.6 Å². The topological polar surface area (TPSA) is 69.7 Å². The molecule has 0 radical (unpaired) electrons. The van der Waals surface area contributed by atoms with E-state index in [4.69, 9.17) is 0 Å². The Morgan fingerprint density at radius 2 is 1.95 bits per heavy atom. The normalized spacial score (nSPS) is 23.1. The molecule has 3 amide bonds. The lowest BCUT2D eigenvalue weighted by Crippen LogP contribution is -2.45. The number of piperidine rings is 1. The first-order chi connectivity index (χ1) is 10.3. The number of nitrogens with one attached hydrogen (secondary N) is 1. The maximum absolute atomic E-state index is 12.0. The van der Waals surface area contributed by atoms with Crippen molar-refractivity contribution in [3.05, 3.63) is 0 Å². The van der Waals surface area contributed by atoms with E-state index in [0.29, 0.717) is 32.5 Å². The number of rotatable bonds is 4. The molecule has 2 saturated heterocycles. The Kier molecular flexibility index (Phi) is 5.08. The molecule has 0 spiro atoms. The zero-order valence-electron chi connectivity index (χ0n) is 13.9. The minimum atomic E-state index is -0.171. The van der Waals surface area contributed by atoms with Crippen LogP contribution in [0.2, 0.25) is 0 Å². The molecule has 0 saturated carbocycles. The van der Waals surface area contributed by atoms with Gasteiger partial charge in [-0.2, -0.15) is 0 Å². The second kappa shape index (κ2) is 6.67. The summed E-state index contributed by atoms with van der Waals surface area (Å²) >= 11 is 0. The van der Waals surface area contributed by atoms with Crippen LogP contribution in [-0.2, 0) is 14.4 Å². The fraction of sp³-hybridized carbons (Fsp3) is 0.812. The standard InChI is InChI=1S/C16H27N3O3/c1-16(2,3)19-10-12(8-15(19)22)9-17-13(20)11-18-7-5-4-6-14(18)21/h12H,4-11H2,1-3H3,(H,17,20)/t12-/m0/s1. The van der Waals surface area contributed by atoms with Crippen molar-refractivity contribution < 1.29 is 14.4 Å². The Balaban J connectivity index is 1.75. The van der Waals surface area contributed by atoms with Crippen molar-refractivity contribution in [2.45, 2.75) is 52.0 Å². The van der Waals surface area contributed by atoms with Crippen molar-refractivity contribution in [3.63, 3.8) is 0 Å². The molecule has 0 bridgehead atoms. The van der Waals surface area contributed by atoms with Crippen LogP contribution in [0.15, 0.2) is 0 Å². The Hall–Kier alpha value is -1.59. The summed E-state index contributed by atoms with van der Waals surface area (Å²) in [4.78, 5) is 39.1. The molecule has 0 aromatic rings. The highest BCUT2D eigenvalue weighted by Gasteiger charge is 2.36. The van der Waals surface area contributed by atoms with Crippen LogP contribution in [0.3, 0.4) is 0 Å². The van der Waals surface area contributed by atoms with Gasteiger partial charge in [-0.3, -0.25) is 14.4 Å². The first-order valence-electron chi connectivity index (χ1n) is 8.12. The highest BCUT2D eigenvalue weighted by atomic mass is 16.2. The quantitative estimate of drug-likeness (QED) is 0.833. The lowest BCUT2D eigenvalue weighted by Gasteiger charge is -2.32. The zero-order valence-corrected chi connectivity index (χ0v) is 13.9. The summed E-state index contributed by atoms with van der Waals surface area (Å²) < 4.78 is 0. The van der Waals surface area contributed by atoms with E-state index in [2.05, 4.69) is 5.32 Å². The van der Waals surface area contributed by atoms with Gasteiger partial charge in [-0.25, -0.2) is 0 Å². The highest BCUT2D eigenvalue weighted by molar-refractivity contribution is 5.85. The summed E-state index contributed by atoms with van der Waals surface area (Å²) in [5, 5.41) is 2.87. The predicted molar refractivity (Wildman–Crippen MR) is 83.0 cm³/mol. The smallest absolute Gasteiger partial charge is 0.239 e. The number of amides is 3. The molecule has 2 fully saturated rings. The maximum Gasteiger partial charge on any atom is 0.239 e. The number of likely N-dealkylation sites (tertiary alicyclic amines) is 2. The van der Waals surface area contributed by atoms with E-state index in [1.165, 1.54) is 0 Å². The average molecular weight is 309 g/mol. The van der Waals surface area contributed by atoms with Crippen LogP contribution in [0.4, 0.5) is 0 Å². The summed E-state index contributed by atoms with van der Waals surface area (Å²) in [7, 11) is 0. The maximum atomic E-state index is 12.0. The van der Waals surface area contributed by atoms with Gasteiger partial charge in [-0.15, -0.1) is 0 Å². The highest BCUT2D eigenvalue weighted by Crippen LogP contribution is 2.25. The van der Waals surface area contributed by atoms with Crippen molar-refractivity contribution in [1.82, 2.24) is 15.1 Å². The average Bonchev–Trinajstić information content (AvgIpc) is 2.80. The van der Waals surface area contributed by atoms with E-state index < -0.39 is 0 Å². The molecule has 6 nitrogen and oxygen atoms in total. The van der Waals surface area contributed by atoms with E-state index in [1.807, 2.05) is 25.7 Å². The van der Waals surface area contributed by atoms with Gasteiger partial charge in [0.15, 0.2) is 0 Å². The van der Waals surface area contributed by atoms with Gasteiger partial charge in [0, 0.05) is 43.9 Å². The van der Waals surface area contributed by atoms with Crippen LogP contribution >= 0.6 is 0 Å². The van der Waals surface area contributed by atoms with Gasteiger partial charge in [0.05, 0.1) is 6.54 Å². The molecule has 6 heteroatoms. The monoisotopic (exact) mass is 309 g/mol. The third kappa shape index (κ3) is 4.21. The molecule has 1 atom stereocenters. The van der Waals surface area contributed by atoms with Crippen molar-refractivity contribution in [1.29, 1.82) is 0 Å². The van der Waals surface area contributed by atoms with Crippen molar-refractivity contribution in [3.8, 4) is 0 Å². The fourth-order valence-corrected chi connectivity index (χ4v) is 3.08. The summed E-state index contributed by atoms with van der Waals surface area (Å²) in [5.41, 5.74) is -0.171. The van der Waals surface area contributed by atoms with Crippen molar-refractivity contribution >= 4 is 17.7 Å². The minimum Gasteiger partial charge on any atom is -0.354 e. The van der Waals surface area contributed by atoms with E-state index >= 15 is 0 Å². The lowest BCUT2D eigenvalue weighted by atomic mass is 10.1. The summed E-state index contributed by atoms with van der Waals surface area (Å²) in [6.45, 7) is 8.06. The molecule has 0 aromatic heterocycles. The van der Waals surface area contributed by atoms with Gasteiger partial charge < -0.3 is 15.1 Å². The molecule has 2 heterocycles. The van der Waals surface area contributed by atoms with Crippen molar-refractivity contribution in [2.24, 2.45) is 5.92 Å². The second-order valence-corrected chi connectivity index (χ2v) is 7.32. The summed E-state index contributed by atoms with van der Waals surface area (Å²) in [6.07, 6.45) is 2.92. The van der Waals surface area contributed by atoms with Crippen LogP contribution in [0.5, 0.6) is 0 Å². The van der Waals surface area contributed by atoms with Crippen molar-refractivity contribution in [2.75, 3.05) is 26.2 Å². The van der Waals surface area contributed by atoms with Gasteiger partial charge >= 0.3 is 0 Å². The number of carbonyl (C=O) groups is 3. The number of nitrogens with zero attached hydrogens (tertiary/aromatic N) is 2. The molecule has 0 aliphatic carbocycles. The summed E-state index contributed by atoms with van der Waals surface area (Å²) in [6, 6.07) is 0. The first kappa shape index (κ1) is 16.8. The molecule has 2 rings (SSSR count). The third-order valence-electron chi connectivity index (χ3n) is 4.36. The molecule has 0 aromatic carbocycles. The number of carbonyl (C=O) groups excluding carboxylic acids is 3. The zero-order chi connectivity index (χ0) is 16.3. The van der Waals surface area contributed by atoms with Crippen LogP contribution in [-0.4, -0.2) is 59.2 Å². The van der Waals surface area contributed by atoms with Gasteiger partial charge in [0.1, 0.15) is 0 Å². The molecule has 2 aliphatic heterocycles. The minimum absolute atomic E-state index is 0.0661. The van der Waals surface area contributed by atoms with Crippen LogP contribution in [0, 0.1) is 5.92 Å². The Bertz CT molecular complexity index is 456. The lowest BCUT2D eigenvalue weighted by molar-refractivity contribution is -0.137. The van der Waals surface area contributed by atoms with Crippen LogP contribution in [0.1, 0.15) is 46.5 Å². The van der Waals surface area contributed by atoms with E-state index in [0.717, 1.165) is 12.8 Å². The third-order valence-corrected chi connectivity index (χ3v) is 4.36. The van der Waals surface area contributed by atoms with Crippen LogP contribution in [0.25, 0.3) is 0 Å². The van der Waals surface area contributed by atoms with E-state index in [9.17, 15) is 14.4 Å². The Morgan fingerprint density at radius 1 is 1.23 bits per heavy atom. The molecule has 0 unspecified atom stereocenters. The largest absolute Gasteiger partial charge is 0.354 e. The molecule has 1 N–H and O–H groups in total. The van der Waals surface area contributed by atoms with E-state index in [1.54, 1.807) is 4.90 Å². The van der Waals surface area contributed by atoms with Gasteiger partial charge in [0.25, 0.3) is 0 Å². The van der Waals surface area contributed by atoms with E-state index in [-0.39, 0.29) is 35.7 Å². The molecular weight excluding hydrogens is 282 g/mol. The van der Waals surface area contributed by atoms with Crippen LogP contribution < -0.4 is 5.32 Å².